The fourth-order valence-electron chi connectivity index (χ4n) is 7.73. The SMILES string of the molecule is CC/C=C\C/C=C\C/C=C\C/C=C\C/C=C\C/C=C\C/C=C\C/C=C\C/C=C\CCCCCC(=O)OC(CO)COC(=O)CCCCCCCCCCCCCC/C=C\C/C=C\C/C=C\C/C=C\C/C=C\C/C=C\CC. The van der Waals surface area contributed by atoms with Crippen molar-refractivity contribution in [3.05, 3.63) is 182 Å². The lowest BCUT2D eigenvalue weighted by Crippen LogP contribution is -2.28. The fourth-order valence-corrected chi connectivity index (χ4v) is 7.73. The van der Waals surface area contributed by atoms with Gasteiger partial charge in [0.25, 0.3) is 0 Å². The lowest BCUT2D eigenvalue weighted by Gasteiger charge is -2.15. The number of esters is 2. The largest absolute Gasteiger partial charge is 0.462 e. The summed E-state index contributed by atoms with van der Waals surface area (Å²) >= 11 is 0. The maximum atomic E-state index is 12.3. The molecule has 5 nitrogen and oxygen atoms in total. The van der Waals surface area contributed by atoms with Crippen LogP contribution >= 0.6 is 0 Å². The van der Waals surface area contributed by atoms with E-state index in [1.165, 1.54) is 64.2 Å². The number of carbonyl (C=O) groups excluding carboxylic acids is 2. The van der Waals surface area contributed by atoms with Crippen LogP contribution in [-0.2, 0) is 19.1 Å². The number of carbonyl (C=O) groups is 2. The van der Waals surface area contributed by atoms with Crippen LogP contribution in [0.15, 0.2) is 182 Å². The molecule has 0 heterocycles. The van der Waals surface area contributed by atoms with Gasteiger partial charge in [0, 0.05) is 12.8 Å². The highest BCUT2D eigenvalue weighted by Gasteiger charge is 2.16. The lowest BCUT2D eigenvalue weighted by atomic mass is 10.0. The first-order chi connectivity index (χ1) is 37.6. The molecule has 1 unspecified atom stereocenters. The minimum atomic E-state index is -0.807. The van der Waals surface area contributed by atoms with Crippen LogP contribution < -0.4 is 0 Å². The van der Waals surface area contributed by atoms with Gasteiger partial charge in [0.2, 0.25) is 0 Å². The first-order valence-corrected chi connectivity index (χ1v) is 30.3. The predicted octanol–water partition coefficient (Wildman–Crippen LogP) is 21.1. The Labute approximate surface area is 467 Å². The lowest BCUT2D eigenvalue weighted by molar-refractivity contribution is -0.161. The van der Waals surface area contributed by atoms with Crippen molar-refractivity contribution in [3.63, 3.8) is 0 Å². The van der Waals surface area contributed by atoms with Gasteiger partial charge in [-0.3, -0.25) is 9.59 Å². The highest BCUT2D eigenvalue weighted by atomic mass is 16.6. The van der Waals surface area contributed by atoms with E-state index in [-0.39, 0.29) is 25.2 Å². The molecule has 0 aromatic carbocycles. The zero-order chi connectivity index (χ0) is 54.8. The van der Waals surface area contributed by atoms with Crippen molar-refractivity contribution in [1.82, 2.24) is 0 Å². The second-order valence-electron chi connectivity index (χ2n) is 19.3. The van der Waals surface area contributed by atoms with E-state index in [1.54, 1.807) is 0 Å². The van der Waals surface area contributed by atoms with Crippen LogP contribution in [0.5, 0.6) is 0 Å². The molecule has 0 bridgehead atoms. The summed E-state index contributed by atoms with van der Waals surface area (Å²) < 4.78 is 10.7. The summed E-state index contributed by atoms with van der Waals surface area (Å²) in [6.45, 7) is 3.87. The van der Waals surface area contributed by atoms with E-state index in [0.29, 0.717) is 12.8 Å². The van der Waals surface area contributed by atoms with Crippen LogP contribution in [0.3, 0.4) is 0 Å². The standard InChI is InChI=1S/C71H110O5/c1-3-5-7-9-11-13-15-17-19-21-23-25-27-29-31-33-35-37-39-41-43-45-47-49-51-53-55-57-59-61-63-65-70(73)75-68-69(67-72)76-71(74)66-64-62-60-58-56-54-52-50-48-46-44-42-40-38-36-34-32-30-28-26-24-22-20-18-16-14-12-10-8-6-4-2/h5-8,11-14,17-20,23-26,29-32,35-38,42,44,48,50,54,56,69,72H,3-4,9-10,15-16,21-22,27-28,33-34,39-41,43,45-47,49,51-53,55,57-68H2,1-2H3/b7-5-,8-6-,13-11-,14-12-,19-17-,20-18-,25-23-,26-24-,31-29-,32-30-,37-35-,38-36-,44-42-,50-48-,56-54-. The van der Waals surface area contributed by atoms with E-state index in [9.17, 15) is 14.7 Å². The number of hydrogen-bond donors (Lipinski definition) is 1. The molecule has 0 aliphatic heterocycles. The van der Waals surface area contributed by atoms with Crippen LogP contribution in [0.25, 0.3) is 0 Å². The van der Waals surface area contributed by atoms with Crippen LogP contribution in [0.2, 0.25) is 0 Å². The van der Waals surface area contributed by atoms with Crippen LogP contribution in [-0.4, -0.2) is 36.4 Å². The van der Waals surface area contributed by atoms with Crippen molar-refractivity contribution in [2.75, 3.05) is 13.2 Å². The maximum absolute atomic E-state index is 12.3. The third kappa shape index (κ3) is 61.5. The van der Waals surface area contributed by atoms with E-state index in [1.807, 2.05) is 0 Å². The van der Waals surface area contributed by atoms with Gasteiger partial charge >= 0.3 is 11.9 Å². The molecular weight excluding hydrogens is 933 g/mol. The molecule has 1 atom stereocenters. The van der Waals surface area contributed by atoms with Gasteiger partial charge in [-0.1, -0.05) is 267 Å². The average molecular weight is 1040 g/mol. The van der Waals surface area contributed by atoms with Crippen LogP contribution in [0.4, 0.5) is 0 Å². The fraction of sp³-hybridized carbons (Fsp3) is 0.549. The summed E-state index contributed by atoms with van der Waals surface area (Å²) in [7, 11) is 0. The molecule has 424 valence electrons. The molecule has 0 aliphatic carbocycles. The normalized spacial score (nSPS) is 13.6. The van der Waals surface area contributed by atoms with Crippen LogP contribution in [0, 0.1) is 0 Å². The zero-order valence-electron chi connectivity index (χ0n) is 48.4. The Morgan fingerprint density at radius 1 is 0.303 bits per heavy atom. The molecular formula is C71H110O5. The smallest absolute Gasteiger partial charge is 0.306 e. The minimum absolute atomic E-state index is 0.0929. The molecule has 0 radical (unpaired) electrons. The summed E-state index contributed by atoms with van der Waals surface area (Å²) in [5.41, 5.74) is 0. The van der Waals surface area contributed by atoms with E-state index in [2.05, 4.69) is 196 Å². The Hall–Kier alpha value is -5.00. The quantitative estimate of drug-likeness (QED) is 0.0373. The van der Waals surface area contributed by atoms with Crippen LogP contribution in [0.1, 0.15) is 232 Å². The molecule has 1 N–H and O–H groups in total. The van der Waals surface area contributed by atoms with Gasteiger partial charge in [-0.05, 0) is 135 Å². The number of rotatable bonds is 53. The summed E-state index contributed by atoms with van der Waals surface area (Å²) in [4.78, 5) is 24.6. The third-order valence-corrected chi connectivity index (χ3v) is 12.2. The Balaban J connectivity index is 3.64. The van der Waals surface area contributed by atoms with E-state index < -0.39 is 6.10 Å². The van der Waals surface area contributed by atoms with E-state index in [0.717, 1.165) is 141 Å². The monoisotopic (exact) mass is 1040 g/mol. The van der Waals surface area contributed by atoms with E-state index in [4.69, 9.17) is 9.47 Å². The zero-order valence-corrected chi connectivity index (χ0v) is 48.4. The van der Waals surface area contributed by atoms with Gasteiger partial charge in [0.1, 0.15) is 6.61 Å². The Bertz CT molecular complexity index is 1750. The van der Waals surface area contributed by atoms with Crippen molar-refractivity contribution in [1.29, 1.82) is 0 Å². The summed E-state index contributed by atoms with van der Waals surface area (Å²) in [5, 5.41) is 9.67. The molecule has 0 spiro atoms. The molecule has 0 saturated carbocycles. The van der Waals surface area contributed by atoms with Crippen molar-refractivity contribution in [3.8, 4) is 0 Å². The molecule has 0 aliphatic rings. The number of aliphatic hydroxyl groups is 1. The van der Waals surface area contributed by atoms with Gasteiger partial charge in [-0.25, -0.2) is 0 Å². The second-order valence-corrected chi connectivity index (χ2v) is 19.3. The molecule has 0 fully saturated rings. The summed E-state index contributed by atoms with van der Waals surface area (Å²) in [5.74, 6) is -0.644. The van der Waals surface area contributed by atoms with Gasteiger partial charge < -0.3 is 14.6 Å². The summed E-state index contributed by atoms with van der Waals surface area (Å²) in [6, 6.07) is 0. The Morgan fingerprint density at radius 2 is 0.526 bits per heavy atom. The van der Waals surface area contributed by atoms with Gasteiger partial charge in [-0.2, -0.15) is 0 Å². The second kappa shape index (κ2) is 64.3. The number of aliphatic hydroxyl groups excluding tert-OH is 1. The number of ether oxygens (including phenoxy) is 2. The molecule has 5 heteroatoms. The third-order valence-electron chi connectivity index (χ3n) is 12.2. The van der Waals surface area contributed by atoms with Crippen molar-refractivity contribution in [2.45, 2.75) is 238 Å². The molecule has 76 heavy (non-hydrogen) atoms. The average Bonchev–Trinajstić information content (AvgIpc) is 3.42. The molecule has 0 aromatic heterocycles. The van der Waals surface area contributed by atoms with Crippen molar-refractivity contribution in [2.24, 2.45) is 0 Å². The van der Waals surface area contributed by atoms with E-state index >= 15 is 0 Å². The Morgan fingerprint density at radius 3 is 0.803 bits per heavy atom. The Kier molecular flexibility index (Phi) is 60.1. The molecule has 0 amide bonds. The van der Waals surface area contributed by atoms with Gasteiger partial charge in [-0.15, -0.1) is 0 Å². The predicted molar refractivity (Wildman–Crippen MR) is 333 cm³/mol. The first-order valence-electron chi connectivity index (χ1n) is 30.3. The number of hydrogen-bond acceptors (Lipinski definition) is 5. The molecule has 0 aromatic rings. The number of unbranched alkanes of at least 4 members (excludes halogenated alkanes) is 15. The highest BCUT2D eigenvalue weighted by Crippen LogP contribution is 2.14. The number of allylic oxidation sites excluding steroid dienone is 30. The topological polar surface area (TPSA) is 72.8 Å². The molecule has 0 rings (SSSR count). The minimum Gasteiger partial charge on any atom is -0.462 e. The maximum Gasteiger partial charge on any atom is 0.306 e. The molecule has 0 saturated heterocycles. The van der Waals surface area contributed by atoms with Gasteiger partial charge in [0.15, 0.2) is 6.10 Å². The van der Waals surface area contributed by atoms with Crippen molar-refractivity contribution >= 4 is 11.9 Å². The summed E-state index contributed by atoms with van der Waals surface area (Å²) in [6.07, 6.45) is 101. The van der Waals surface area contributed by atoms with Crippen molar-refractivity contribution < 1.29 is 24.2 Å². The van der Waals surface area contributed by atoms with Gasteiger partial charge in [0.05, 0.1) is 6.61 Å². The first kappa shape index (κ1) is 71.0. The highest BCUT2D eigenvalue weighted by molar-refractivity contribution is 5.70.